The molecule has 0 aromatic heterocycles. The van der Waals surface area contributed by atoms with E-state index in [-0.39, 0.29) is 18.8 Å². The Morgan fingerprint density at radius 1 is 1.50 bits per heavy atom. The predicted octanol–water partition coefficient (Wildman–Crippen LogP) is -0.548. The Balaban J connectivity index is 2.71. The van der Waals surface area contributed by atoms with Gasteiger partial charge in [0.15, 0.2) is 17.7 Å². The predicted molar refractivity (Wildman–Crippen MR) is 47.6 cm³/mol. The van der Waals surface area contributed by atoms with Crippen LogP contribution in [-0.4, -0.2) is 47.7 Å². The fraction of sp³-hybridized carbons (Fsp3) is 0.889. The SMILES string of the molecule is CCC(=O)C1(CC(O)O)COCCO1. The van der Waals surface area contributed by atoms with E-state index < -0.39 is 11.9 Å². The molecule has 1 fully saturated rings. The molecule has 0 aromatic carbocycles. The molecule has 0 saturated carbocycles. The first-order valence-electron chi connectivity index (χ1n) is 4.72. The Morgan fingerprint density at radius 3 is 2.64 bits per heavy atom. The van der Waals surface area contributed by atoms with E-state index in [0.717, 1.165) is 0 Å². The monoisotopic (exact) mass is 204 g/mol. The van der Waals surface area contributed by atoms with E-state index in [9.17, 15) is 4.79 Å². The first-order chi connectivity index (χ1) is 6.60. The molecule has 1 saturated heterocycles. The fourth-order valence-corrected chi connectivity index (χ4v) is 1.58. The molecule has 0 aliphatic carbocycles. The summed E-state index contributed by atoms with van der Waals surface area (Å²) in [6, 6.07) is 0. The van der Waals surface area contributed by atoms with Gasteiger partial charge < -0.3 is 19.7 Å². The van der Waals surface area contributed by atoms with Gasteiger partial charge in [0, 0.05) is 12.8 Å². The smallest absolute Gasteiger partial charge is 0.166 e. The van der Waals surface area contributed by atoms with Crippen LogP contribution in [0.1, 0.15) is 19.8 Å². The number of Topliss-reactive ketones (excluding diaryl/α,β-unsaturated/α-hetero) is 1. The van der Waals surface area contributed by atoms with Crippen LogP contribution in [0.2, 0.25) is 0 Å². The summed E-state index contributed by atoms with van der Waals surface area (Å²) in [6.45, 7) is 2.59. The minimum Gasteiger partial charge on any atom is -0.376 e. The lowest BCUT2D eigenvalue weighted by atomic mass is 9.92. The third kappa shape index (κ3) is 2.51. The molecule has 0 radical (unpaired) electrons. The Kier molecular flexibility index (Phi) is 4.00. The van der Waals surface area contributed by atoms with Crippen LogP contribution in [0.25, 0.3) is 0 Å². The number of hydrogen-bond acceptors (Lipinski definition) is 5. The molecule has 1 rings (SSSR count). The van der Waals surface area contributed by atoms with Crippen LogP contribution in [0.5, 0.6) is 0 Å². The van der Waals surface area contributed by atoms with Gasteiger partial charge in [-0.15, -0.1) is 0 Å². The average Bonchev–Trinajstić information content (AvgIpc) is 2.17. The van der Waals surface area contributed by atoms with Gasteiger partial charge in [0.1, 0.15) is 0 Å². The van der Waals surface area contributed by atoms with Crippen molar-refractivity contribution in [2.24, 2.45) is 0 Å². The molecule has 0 spiro atoms. The van der Waals surface area contributed by atoms with Crippen LogP contribution in [0.15, 0.2) is 0 Å². The average molecular weight is 204 g/mol. The summed E-state index contributed by atoms with van der Waals surface area (Å²) >= 11 is 0. The van der Waals surface area contributed by atoms with Gasteiger partial charge in [-0.2, -0.15) is 0 Å². The van der Waals surface area contributed by atoms with Gasteiger partial charge in [0.05, 0.1) is 19.8 Å². The molecule has 0 aromatic rings. The van der Waals surface area contributed by atoms with Crippen molar-refractivity contribution in [1.29, 1.82) is 0 Å². The zero-order valence-corrected chi connectivity index (χ0v) is 8.23. The minimum absolute atomic E-state index is 0.108. The highest BCUT2D eigenvalue weighted by Crippen LogP contribution is 2.24. The quantitative estimate of drug-likeness (QED) is 0.601. The first-order valence-corrected chi connectivity index (χ1v) is 4.72. The lowest BCUT2D eigenvalue weighted by molar-refractivity contribution is -0.197. The Hall–Kier alpha value is -0.490. The number of carbonyl (C=O) groups excluding carboxylic acids is 1. The van der Waals surface area contributed by atoms with Gasteiger partial charge >= 0.3 is 0 Å². The van der Waals surface area contributed by atoms with Crippen molar-refractivity contribution >= 4 is 5.78 Å². The number of ketones is 1. The van der Waals surface area contributed by atoms with Crippen LogP contribution in [0, 0.1) is 0 Å². The highest BCUT2D eigenvalue weighted by atomic mass is 16.6. The second kappa shape index (κ2) is 4.84. The van der Waals surface area contributed by atoms with Crippen LogP contribution >= 0.6 is 0 Å². The zero-order chi connectivity index (χ0) is 10.6. The topological polar surface area (TPSA) is 76.0 Å². The third-order valence-corrected chi connectivity index (χ3v) is 2.28. The molecule has 0 bridgehead atoms. The molecule has 1 aliphatic heterocycles. The molecule has 5 nitrogen and oxygen atoms in total. The standard InChI is InChI=1S/C9H16O5/c1-2-7(10)9(5-8(11)12)6-13-3-4-14-9/h8,11-12H,2-6H2,1H3. The highest BCUT2D eigenvalue weighted by molar-refractivity contribution is 5.87. The number of hydrogen-bond donors (Lipinski definition) is 2. The molecule has 0 amide bonds. The lowest BCUT2D eigenvalue weighted by Crippen LogP contribution is -2.51. The Bertz CT molecular complexity index is 195. The fourth-order valence-electron chi connectivity index (χ4n) is 1.58. The molecule has 1 heterocycles. The number of ether oxygens (including phenoxy) is 2. The van der Waals surface area contributed by atoms with Crippen LogP contribution < -0.4 is 0 Å². The molecule has 1 unspecified atom stereocenters. The molecule has 2 N–H and O–H groups in total. The van der Waals surface area contributed by atoms with Crippen LogP contribution in [-0.2, 0) is 14.3 Å². The van der Waals surface area contributed by atoms with Gasteiger partial charge in [0.25, 0.3) is 0 Å². The maximum absolute atomic E-state index is 11.6. The van der Waals surface area contributed by atoms with E-state index in [1.165, 1.54) is 0 Å². The lowest BCUT2D eigenvalue weighted by Gasteiger charge is -2.35. The summed E-state index contributed by atoms with van der Waals surface area (Å²) in [6.07, 6.45) is -1.37. The van der Waals surface area contributed by atoms with Gasteiger partial charge in [-0.25, -0.2) is 0 Å². The van der Waals surface area contributed by atoms with Crippen molar-refractivity contribution in [2.45, 2.75) is 31.7 Å². The van der Waals surface area contributed by atoms with Crippen LogP contribution in [0.4, 0.5) is 0 Å². The van der Waals surface area contributed by atoms with Crippen molar-refractivity contribution in [2.75, 3.05) is 19.8 Å². The number of aliphatic hydroxyl groups is 2. The molecule has 5 heteroatoms. The van der Waals surface area contributed by atoms with E-state index >= 15 is 0 Å². The van der Waals surface area contributed by atoms with Gasteiger partial charge in [-0.3, -0.25) is 4.79 Å². The summed E-state index contributed by atoms with van der Waals surface area (Å²) in [5, 5.41) is 17.8. The van der Waals surface area contributed by atoms with Gasteiger partial charge in [-0.05, 0) is 0 Å². The van der Waals surface area contributed by atoms with Crippen molar-refractivity contribution in [3.05, 3.63) is 0 Å². The molecule has 14 heavy (non-hydrogen) atoms. The van der Waals surface area contributed by atoms with E-state index in [1.807, 2.05) is 0 Å². The Morgan fingerprint density at radius 2 is 2.21 bits per heavy atom. The molecule has 1 aliphatic rings. The number of aliphatic hydroxyl groups excluding tert-OH is 1. The summed E-state index contributed by atoms with van der Waals surface area (Å²) < 4.78 is 10.5. The Labute approximate surface area is 82.6 Å². The van der Waals surface area contributed by atoms with Crippen molar-refractivity contribution in [1.82, 2.24) is 0 Å². The second-order valence-corrected chi connectivity index (χ2v) is 3.36. The summed E-state index contributed by atoms with van der Waals surface area (Å²) in [7, 11) is 0. The van der Waals surface area contributed by atoms with Crippen LogP contribution in [0.3, 0.4) is 0 Å². The molecular weight excluding hydrogens is 188 g/mol. The summed E-state index contributed by atoms with van der Waals surface area (Å²) in [5.74, 6) is -0.148. The third-order valence-electron chi connectivity index (χ3n) is 2.28. The maximum Gasteiger partial charge on any atom is 0.166 e. The van der Waals surface area contributed by atoms with Crippen molar-refractivity contribution in [3.8, 4) is 0 Å². The van der Waals surface area contributed by atoms with Crippen molar-refractivity contribution < 1.29 is 24.5 Å². The van der Waals surface area contributed by atoms with Crippen molar-refractivity contribution in [3.63, 3.8) is 0 Å². The minimum atomic E-state index is -1.55. The zero-order valence-electron chi connectivity index (χ0n) is 8.23. The maximum atomic E-state index is 11.6. The molecular formula is C9H16O5. The van der Waals surface area contributed by atoms with Gasteiger partial charge in [0.2, 0.25) is 0 Å². The summed E-state index contributed by atoms with van der Waals surface area (Å²) in [5.41, 5.74) is -1.15. The first kappa shape index (κ1) is 11.6. The summed E-state index contributed by atoms with van der Waals surface area (Å²) in [4.78, 5) is 11.6. The van der Waals surface area contributed by atoms with Gasteiger partial charge in [-0.1, -0.05) is 6.92 Å². The van der Waals surface area contributed by atoms with E-state index in [4.69, 9.17) is 19.7 Å². The largest absolute Gasteiger partial charge is 0.376 e. The van der Waals surface area contributed by atoms with E-state index in [1.54, 1.807) is 6.92 Å². The molecule has 82 valence electrons. The van der Waals surface area contributed by atoms with E-state index in [0.29, 0.717) is 19.6 Å². The molecule has 1 atom stereocenters. The number of carbonyl (C=O) groups is 1. The van der Waals surface area contributed by atoms with E-state index in [2.05, 4.69) is 0 Å². The number of rotatable bonds is 4. The normalized spacial score (nSPS) is 28.0. The second-order valence-electron chi connectivity index (χ2n) is 3.36. The highest BCUT2D eigenvalue weighted by Gasteiger charge is 2.42.